The lowest BCUT2D eigenvalue weighted by molar-refractivity contribution is 0.0186. The summed E-state index contributed by atoms with van der Waals surface area (Å²) >= 11 is 1.83. The van der Waals surface area contributed by atoms with Crippen LogP contribution in [-0.2, 0) is 4.74 Å². The van der Waals surface area contributed by atoms with E-state index in [9.17, 15) is 5.11 Å². The van der Waals surface area contributed by atoms with E-state index in [1.54, 1.807) is 7.11 Å². The summed E-state index contributed by atoms with van der Waals surface area (Å²) in [5.41, 5.74) is 0.808. The van der Waals surface area contributed by atoms with Gasteiger partial charge in [0.25, 0.3) is 0 Å². The van der Waals surface area contributed by atoms with Crippen LogP contribution in [0.3, 0.4) is 0 Å². The van der Waals surface area contributed by atoms with Gasteiger partial charge in [-0.1, -0.05) is 12.1 Å². The molecule has 0 amide bonds. The number of halogens is 1. The maximum absolute atomic E-state index is 10.6. The first-order valence-electron chi connectivity index (χ1n) is 10.8. The minimum atomic E-state index is -0.658. The molecule has 0 saturated carbocycles. The van der Waals surface area contributed by atoms with Gasteiger partial charge >= 0.3 is 0 Å². The highest BCUT2D eigenvalue weighted by atomic mass is 127. The molecule has 2 aromatic rings. The molecular formula is C23H35IN4O3S. The first kappa shape index (κ1) is 26.8. The van der Waals surface area contributed by atoms with E-state index in [1.807, 2.05) is 42.5 Å². The van der Waals surface area contributed by atoms with Crippen molar-refractivity contribution in [3.63, 3.8) is 0 Å². The standard InChI is InChI=1S/C23H34N4O3S.HI/c1-4-24-23(26-16-21(28)18-6-5-7-19(14-18)29-3)25-15-20(22-9-8-17(2)31-22)27-10-12-30-13-11-27;/h5-9,14,20-21,28H,4,10-13,15-16H2,1-3H3,(H2,24,25,26);1H. The Morgan fingerprint density at radius 1 is 1.25 bits per heavy atom. The number of aryl methyl sites for hydroxylation is 1. The predicted octanol–water partition coefficient (Wildman–Crippen LogP) is 3.35. The van der Waals surface area contributed by atoms with Gasteiger partial charge in [0.15, 0.2) is 5.96 Å². The molecule has 0 aliphatic carbocycles. The molecule has 3 N–H and O–H groups in total. The van der Waals surface area contributed by atoms with Crippen LogP contribution in [0.5, 0.6) is 5.75 Å². The Balaban J connectivity index is 0.00000363. The second kappa shape index (κ2) is 14.0. The number of aliphatic hydroxyl groups excluding tert-OH is 1. The molecule has 9 heteroatoms. The van der Waals surface area contributed by atoms with Crippen LogP contribution in [0.25, 0.3) is 0 Å². The van der Waals surface area contributed by atoms with Gasteiger partial charge < -0.3 is 25.2 Å². The Labute approximate surface area is 212 Å². The molecule has 178 valence electrons. The SMILES string of the molecule is CCNC(=NCC(c1ccc(C)s1)N1CCOCC1)NCC(O)c1cccc(OC)c1.I. The Morgan fingerprint density at radius 3 is 2.69 bits per heavy atom. The summed E-state index contributed by atoms with van der Waals surface area (Å²) in [6.45, 7) is 9.28. The number of aliphatic imine (C=N–C) groups is 1. The number of guanidine groups is 1. The van der Waals surface area contributed by atoms with E-state index in [0.29, 0.717) is 19.0 Å². The molecule has 2 unspecified atom stereocenters. The van der Waals surface area contributed by atoms with Crippen molar-refractivity contribution in [3.8, 4) is 5.75 Å². The number of methoxy groups -OCH3 is 1. The number of rotatable bonds is 9. The number of morpholine rings is 1. The number of hydrogen-bond donors (Lipinski definition) is 3. The summed E-state index contributed by atoms with van der Waals surface area (Å²) < 4.78 is 10.8. The summed E-state index contributed by atoms with van der Waals surface area (Å²) in [6, 6.07) is 12.1. The number of nitrogens with zero attached hydrogens (tertiary/aromatic N) is 2. The first-order chi connectivity index (χ1) is 15.1. The summed E-state index contributed by atoms with van der Waals surface area (Å²) in [4.78, 5) is 9.95. The Kier molecular flexibility index (Phi) is 11.7. The molecule has 1 fully saturated rings. The van der Waals surface area contributed by atoms with E-state index < -0.39 is 6.10 Å². The average Bonchev–Trinajstić information content (AvgIpc) is 3.23. The van der Waals surface area contributed by atoms with Crippen molar-refractivity contribution in [3.05, 3.63) is 51.7 Å². The normalized spacial score (nSPS) is 16.7. The highest BCUT2D eigenvalue weighted by Gasteiger charge is 2.24. The second-order valence-corrected chi connectivity index (χ2v) is 8.82. The van der Waals surface area contributed by atoms with Crippen molar-refractivity contribution >= 4 is 41.3 Å². The number of thiophene rings is 1. The molecule has 0 radical (unpaired) electrons. The van der Waals surface area contributed by atoms with Gasteiger partial charge in [0.1, 0.15) is 5.75 Å². The second-order valence-electron chi connectivity index (χ2n) is 7.51. The number of ether oxygens (including phenoxy) is 2. The van der Waals surface area contributed by atoms with Crippen molar-refractivity contribution in [1.82, 2.24) is 15.5 Å². The van der Waals surface area contributed by atoms with Gasteiger partial charge in [-0.25, -0.2) is 0 Å². The minimum absolute atomic E-state index is 0. The third kappa shape index (κ3) is 7.87. The first-order valence-corrected chi connectivity index (χ1v) is 11.6. The van der Waals surface area contributed by atoms with Gasteiger partial charge in [0.2, 0.25) is 0 Å². The van der Waals surface area contributed by atoms with Crippen molar-refractivity contribution < 1.29 is 14.6 Å². The minimum Gasteiger partial charge on any atom is -0.497 e. The van der Waals surface area contributed by atoms with Crippen LogP contribution in [0.1, 0.15) is 34.4 Å². The molecular weight excluding hydrogens is 539 g/mol. The zero-order valence-corrected chi connectivity index (χ0v) is 22.2. The Morgan fingerprint density at radius 2 is 2.03 bits per heavy atom. The molecule has 1 aliphatic heterocycles. The van der Waals surface area contributed by atoms with Crippen molar-refractivity contribution in [1.29, 1.82) is 0 Å². The summed E-state index contributed by atoms with van der Waals surface area (Å²) in [6.07, 6.45) is -0.658. The lowest BCUT2D eigenvalue weighted by Crippen LogP contribution is -2.42. The monoisotopic (exact) mass is 574 g/mol. The van der Waals surface area contributed by atoms with E-state index in [0.717, 1.165) is 44.2 Å². The maximum Gasteiger partial charge on any atom is 0.191 e. The maximum atomic E-state index is 10.6. The van der Waals surface area contributed by atoms with Gasteiger partial charge in [0.05, 0.1) is 39.0 Å². The van der Waals surface area contributed by atoms with Crippen LogP contribution >= 0.6 is 35.3 Å². The lowest BCUT2D eigenvalue weighted by Gasteiger charge is -2.33. The van der Waals surface area contributed by atoms with Crippen molar-refractivity contribution in [2.45, 2.75) is 26.0 Å². The van der Waals surface area contributed by atoms with Crippen LogP contribution in [0.4, 0.5) is 0 Å². The highest BCUT2D eigenvalue weighted by Crippen LogP contribution is 2.28. The third-order valence-electron chi connectivity index (χ3n) is 5.28. The molecule has 3 rings (SSSR count). The molecule has 2 heterocycles. The van der Waals surface area contributed by atoms with Gasteiger partial charge in [-0.15, -0.1) is 35.3 Å². The molecule has 2 atom stereocenters. The fourth-order valence-corrected chi connectivity index (χ4v) is 4.59. The molecule has 7 nitrogen and oxygen atoms in total. The predicted molar refractivity (Wildman–Crippen MR) is 142 cm³/mol. The van der Waals surface area contributed by atoms with Crippen LogP contribution in [-0.4, -0.2) is 69.0 Å². The number of benzene rings is 1. The summed E-state index contributed by atoms with van der Waals surface area (Å²) in [5.74, 6) is 1.44. The molecule has 32 heavy (non-hydrogen) atoms. The van der Waals surface area contributed by atoms with Crippen LogP contribution in [0, 0.1) is 6.92 Å². The van der Waals surface area contributed by atoms with E-state index in [1.165, 1.54) is 9.75 Å². The van der Waals surface area contributed by atoms with Gasteiger partial charge in [-0.3, -0.25) is 9.89 Å². The Bertz CT molecular complexity index is 842. The van der Waals surface area contributed by atoms with Crippen LogP contribution in [0.15, 0.2) is 41.4 Å². The van der Waals surface area contributed by atoms with E-state index >= 15 is 0 Å². The van der Waals surface area contributed by atoms with Crippen molar-refractivity contribution in [2.75, 3.05) is 53.0 Å². The highest BCUT2D eigenvalue weighted by molar-refractivity contribution is 14.0. The topological polar surface area (TPSA) is 78.4 Å². The zero-order valence-electron chi connectivity index (χ0n) is 19.0. The number of hydrogen-bond acceptors (Lipinski definition) is 6. The van der Waals surface area contributed by atoms with Gasteiger partial charge in [0, 0.05) is 35.9 Å². The van der Waals surface area contributed by atoms with Crippen molar-refractivity contribution in [2.24, 2.45) is 4.99 Å². The fourth-order valence-electron chi connectivity index (χ4n) is 3.59. The third-order valence-corrected chi connectivity index (χ3v) is 6.39. The Hall–Kier alpha value is -1.40. The largest absolute Gasteiger partial charge is 0.497 e. The van der Waals surface area contributed by atoms with E-state index in [4.69, 9.17) is 14.5 Å². The molecule has 1 aromatic carbocycles. The number of aliphatic hydroxyl groups is 1. The average molecular weight is 575 g/mol. The molecule has 1 saturated heterocycles. The fraction of sp³-hybridized carbons (Fsp3) is 0.522. The number of nitrogens with one attached hydrogen (secondary N) is 2. The van der Waals surface area contributed by atoms with Gasteiger partial charge in [-0.05, 0) is 43.7 Å². The van der Waals surface area contributed by atoms with Crippen LogP contribution < -0.4 is 15.4 Å². The molecule has 0 bridgehead atoms. The molecule has 1 aromatic heterocycles. The molecule has 0 spiro atoms. The lowest BCUT2D eigenvalue weighted by atomic mass is 10.1. The summed E-state index contributed by atoms with van der Waals surface area (Å²) in [7, 11) is 1.62. The van der Waals surface area contributed by atoms with E-state index in [-0.39, 0.29) is 30.0 Å². The quantitative estimate of drug-likeness (QED) is 0.242. The van der Waals surface area contributed by atoms with Crippen LogP contribution in [0.2, 0.25) is 0 Å². The molecule has 1 aliphatic rings. The zero-order chi connectivity index (χ0) is 22.1. The van der Waals surface area contributed by atoms with E-state index in [2.05, 4.69) is 34.6 Å². The smallest absolute Gasteiger partial charge is 0.191 e. The summed E-state index contributed by atoms with van der Waals surface area (Å²) in [5, 5.41) is 17.2. The van der Waals surface area contributed by atoms with Gasteiger partial charge in [-0.2, -0.15) is 0 Å².